The molecule has 0 aliphatic heterocycles. The molecule has 1 aliphatic carbocycles. The van der Waals surface area contributed by atoms with Crippen LogP contribution in [0.1, 0.15) is 53.4 Å². The Hall–Kier alpha value is -0.260. The van der Waals surface area contributed by atoms with Crippen LogP contribution < -0.4 is 0 Å². The highest BCUT2D eigenvalue weighted by Crippen LogP contribution is 2.32. The second kappa shape index (κ2) is 4.11. The van der Waals surface area contributed by atoms with Gasteiger partial charge in [-0.1, -0.05) is 31.9 Å². The van der Waals surface area contributed by atoms with Crippen molar-refractivity contribution < 1.29 is 0 Å². The fourth-order valence-corrected chi connectivity index (χ4v) is 1.64. The molecular weight excluding hydrogens is 144 g/mol. The summed E-state index contributed by atoms with van der Waals surface area (Å²) in [7, 11) is 0. The molecule has 1 atom stereocenters. The summed E-state index contributed by atoms with van der Waals surface area (Å²) >= 11 is 0. The predicted molar refractivity (Wildman–Crippen MR) is 55.2 cm³/mol. The van der Waals surface area contributed by atoms with E-state index in [1.807, 2.05) is 0 Å². The van der Waals surface area contributed by atoms with Crippen molar-refractivity contribution in [3.05, 3.63) is 11.1 Å². The lowest BCUT2D eigenvalue weighted by Gasteiger charge is -2.23. The first kappa shape index (κ1) is 9.83. The Morgan fingerprint density at radius 2 is 1.83 bits per heavy atom. The van der Waals surface area contributed by atoms with Gasteiger partial charge < -0.3 is 0 Å². The van der Waals surface area contributed by atoms with Crippen LogP contribution in [-0.2, 0) is 0 Å². The van der Waals surface area contributed by atoms with E-state index in [2.05, 4.69) is 27.7 Å². The van der Waals surface area contributed by atoms with E-state index in [1.54, 1.807) is 11.1 Å². The summed E-state index contributed by atoms with van der Waals surface area (Å²) in [6.07, 6.45) is 5.53. The molecular formula is C12H22. The molecule has 0 heteroatoms. The summed E-state index contributed by atoms with van der Waals surface area (Å²) < 4.78 is 0. The first-order valence-electron chi connectivity index (χ1n) is 5.28. The third kappa shape index (κ3) is 2.36. The van der Waals surface area contributed by atoms with Gasteiger partial charge >= 0.3 is 0 Å². The molecule has 0 aromatic rings. The molecule has 0 aromatic heterocycles. The summed E-state index contributed by atoms with van der Waals surface area (Å²) in [5.41, 5.74) is 3.44. The lowest BCUT2D eigenvalue weighted by Crippen LogP contribution is -2.07. The Morgan fingerprint density at radius 3 is 2.17 bits per heavy atom. The van der Waals surface area contributed by atoms with Crippen molar-refractivity contribution in [3.8, 4) is 0 Å². The van der Waals surface area contributed by atoms with E-state index in [1.165, 1.54) is 25.7 Å². The normalized spacial score (nSPS) is 19.2. The van der Waals surface area contributed by atoms with Crippen LogP contribution in [0.5, 0.6) is 0 Å². The Kier molecular flexibility index (Phi) is 3.37. The van der Waals surface area contributed by atoms with E-state index in [9.17, 15) is 0 Å². The van der Waals surface area contributed by atoms with Crippen LogP contribution in [0.25, 0.3) is 0 Å². The number of hydrogen-bond donors (Lipinski definition) is 0. The van der Waals surface area contributed by atoms with Gasteiger partial charge in [-0.3, -0.25) is 0 Å². The van der Waals surface area contributed by atoms with Crippen molar-refractivity contribution >= 4 is 0 Å². The van der Waals surface area contributed by atoms with E-state index in [-0.39, 0.29) is 0 Å². The summed E-state index contributed by atoms with van der Waals surface area (Å²) in [5, 5.41) is 0. The maximum Gasteiger partial charge on any atom is -0.0292 e. The van der Waals surface area contributed by atoms with Gasteiger partial charge in [0.15, 0.2) is 0 Å². The SMILES string of the molecule is CC(CC(C)C(C)C)=C1CCC1. The fraction of sp³-hybridized carbons (Fsp3) is 0.833. The molecule has 0 spiro atoms. The molecule has 1 unspecified atom stereocenters. The Morgan fingerprint density at radius 1 is 1.25 bits per heavy atom. The first-order chi connectivity index (χ1) is 5.61. The second-order valence-electron chi connectivity index (χ2n) is 4.66. The summed E-state index contributed by atoms with van der Waals surface area (Å²) in [5.74, 6) is 1.69. The molecule has 0 bridgehead atoms. The maximum absolute atomic E-state index is 2.37. The lowest BCUT2D eigenvalue weighted by atomic mass is 9.83. The largest absolute Gasteiger partial charge is 0.0738 e. The van der Waals surface area contributed by atoms with Crippen molar-refractivity contribution in [2.24, 2.45) is 11.8 Å². The van der Waals surface area contributed by atoms with Crippen LogP contribution in [0.2, 0.25) is 0 Å². The van der Waals surface area contributed by atoms with Gasteiger partial charge in [-0.15, -0.1) is 0 Å². The van der Waals surface area contributed by atoms with Gasteiger partial charge in [0.05, 0.1) is 0 Å². The van der Waals surface area contributed by atoms with Crippen molar-refractivity contribution in [1.29, 1.82) is 0 Å². The molecule has 70 valence electrons. The Bertz CT molecular complexity index is 168. The summed E-state index contributed by atoms with van der Waals surface area (Å²) in [6.45, 7) is 9.34. The number of rotatable bonds is 3. The third-order valence-corrected chi connectivity index (χ3v) is 3.33. The second-order valence-corrected chi connectivity index (χ2v) is 4.66. The van der Waals surface area contributed by atoms with Gasteiger partial charge in [0.25, 0.3) is 0 Å². The number of allylic oxidation sites excluding steroid dienone is 2. The molecule has 0 heterocycles. The van der Waals surface area contributed by atoms with Gasteiger partial charge in [0, 0.05) is 0 Å². The predicted octanol–water partition coefficient (Wildman–Crippen LogP) is 4.17. The monoisotopic (exact) mass is 166 g/mol. The molecule has 1 saturated carbocycles. The van der Waals surface area contributed by atoms with Gasteiger partial charge in [-0.25, -0.2) is 0 Å². The molecule has 0 saturated heterocycles. The Labute approximate surface area is 77.1 Å². The molecule has 0 amide bonds. The van der Waals surface area contributed by atoms with Crippen LogP contribution in [0, 0.1) is 11.8 Å². The zero-order valence-electron chi connectivity index (χ0n) is 8.98. The van der Waals surface area contributed by atoms with Crippen LogP contribution in [0.3, 0.4) is 0 Å². The minimum atomic E-state index is 0.834. The molecule has 0 nitrogen and oxygen atoms in total. The van der Waals surface area contributed by atoms with E-state index < -0.39 is 0 Å². The molecule has 0 N–H and O–H groups in total. The highest BCUT2D eigenvalue weighted by Gasteiger charge is 2.14. The summed E-state index contributed by atoms with van der Waals surface area (Å²) in [6, 6.07) is 0. The smallest absolute Gasteiger partial charge is 0.0292 e. The average Bonchev–Trinajstić information content (AvgIpc) is 1.82. The maximum atomic E-state index is 2.37. The molecule has 12 heavy (non-hydrogen) atoms. The Balaban J connectivity index is 2.39. The van der Waals surface area contributed by atoms with Crippen molar-refractivity contribution in [3.63, 3.8) is 0 Å². The highest BCUT2D eigenvalue weighted by molar-refractivity contribution is 5.17. The minimum absolute atomic E-state index is 0.834. The topological polar surface area (TPSA) is 0 Å². The van der Waals surface area contributed by atoms with E-state index in [4.69, 9.17) is 0 Å². The zero-order valence-corrected chi connectivity index (χ0v) is 8.98. The molecule has 1 fully saturated rings. The highest BCUT2D eigenvalue weighted by atomic mass is 14.2. The first-order valence-corrected chi connectivity index (χ1v) is 5.28. The van der Waals surface area contributed by atoms with E-state index >= 15 is 0 Å². The fourth-order valence-electron chi connectivity index (χ4n) is 1.64. The van der Waals surface area contributed by atoms with Gasteiger partial charge in [-0.05, 0) is 44.4 Å². The van der Waals surface area contributed by atoms with Gasteiger partial charge in [0.2, 0.25) is 0 Å². The van der Waals surface area contributed by atoms with Crippen LogP contribution in [-0.4, -0.2) is 0 Å². The quantitative estimate of drug-likeness (QED) is 0.552. The summed E-state index contributed by atoms with van der Waals surface area (Å²) in [4.78, 5) is 0. The molecule has 0 aromatic carbocycles. The molecule has 0 radical (unpaired) electrons. The standard InChI is InChI=1S/C12H22/c1-9(2)10(3)8-11(4)12-6-5-7-12/h9-10H,5-8H2,1-4H3. The molecule has 1 aliphatic rings. The van der Waals surface area contributed by atoms with Gasteiger partial charge in [-0.2, -0.15) is 0 Å². The average molecular weight is 166 g/mol. The van der Waals surface area contributed by atoms with Crippen LogP contribution in [0.15, 0.2) is 11.1 Å². The number of hydrogen-bond acceptors (Lipinski definition) is 0. The van der Waals surface area contributed by atoms with Crippen molar-refractivity contribution in [2.45, 2.75) is 53.4 Å². The van der Waals surface area contributed by atoms with Crippen LogP contribution in [0.4, 0.5) is 0 Å². The van der Waals surface area contributed by atoms with Crippen molar-refractivity contribution in [1.82, 2.24) is 0 Å². The molecule has 1 rings (SSSR count). The third-order valence-electron chi connectivity index (χ3n) is 3.33. The van der Waals surface area contributed by atoms with Gasteiger partial charge in [0.1, 0.15) is 0 Å². The van der Waals surface area contributed by atoms with E-state index in [0.29, 0.717) is 0 Å². The minimum Gasteiger partial charge on any atom is -0.0738 e. The van der Waals surface area contributed by atoms with E-state index in [0.717, 1.165) is 11.8 Å². The lowest BCUT2D eigenvalue weighted by molar-refractivity contribution is 0.412. The van der Waals surface area contributed by atoms with Crippen molar-refractivity contribution in [2.75, 3.05) is 0 Å². The van der Waals surface area contributed by atoms with Crippen LogP contribution >= 0.6 is 0 Å². The zero-order chi connectivity index (χ0) is 9.14.